The van der Waals surface area contributed by atoms with Crippen LogP contribution in [0, 0.1) is 0 Å². The Bertz CT molecular complexity index is 194. The van der Waals surface area contributed by atoms with Gasteiger partial charge in [0.25, 0.3) is 0 Å². The fourth-order valence-electron chi connectivity index (χ4n) is 3.04. The number of aliphatic hydroxyl groups excluding tert-OH is 1. The molecule has 15 heavy (non-hydrogen) atoms. The van der Waals surface area contributed by atoms with Crippen molar-refractivity contribution in [2.45, 2.75) is 57.2 Å². The van der Waals surface area contributed by atoms with Crippen molar-refractivity contribution in [3.05, 3.63) is 0 Å². The lowest BCUT2D eigenvalue weighted by molar-refractivity contribution is 0.164. The van der Waals surface area contributed by atoms with Crippen LogP contribution in [0.5, 0.6) is 0 Å². The molecule has 0 aromatic rings. The van der Waals surface area contributed by atoms with Crippen LogP contribution in [-0.4, -0.2) is 47.8 Å². The first-order valence-corrected chi connectivity index (χ1v) is 6.46. The Kier molecular flexibility index (Phi) is 4.00. The van der Waals surface area contributed by atoms with Crippen LogP contribution in [0.2, 0.25) is 0 Å². The van der Waals surface area contributed by atoms with E-state index in [4.69, 9.17) is 0 Å². The van der Waals surface area contributed by atoms with Crippen molar-refractivity contribution in [3.63, 3.8) is 0 Å². The lowest BCUT2D eigenvalue weighted by Crippen LogP contribution is -2.49. The maximum absolute atomic E-state index is 9.21. The molecule has 2 saturated heterocycles. The van der Waals surface area contributed by atoms with Gasteiger partial charge in [-0.05, 0) is 32.2 Å². The highest BCUT2D eigenvalue weighted by Gasteiger charge is 2.35. The lowest BCUT2D eigenvalue weighted by Gasteiger charge is -2.34. The van der Waals surface area contributed by atoms with Crippen molar-refractivity contribution >= 4 is 0 Å². The highest BCUT2D eigenvalue weighted by molar-refractivity contribution is 4.95. The van der Waals surface area contributed by atoms with E-state index in [0.717, 1.165) is 12.5 Å². The molecule has 0 aromatic heterocycles. The van der Waals surface area contributed by atoms with Crippen molar-refractivity contribution in [2.75, 3.05) is 19.7 Å². The Morgan fingerprint density at radius 3 is 2.93 bits per heavy atom. The zero-order valence-corrected chi connectivity index (χ0v) is 9.78. The van der Waals surface area contributed by atoms with E-state index in [1.165, 1.54) is 38.8 Å². The van der Waals surface area contributed by atoms with Gasteiger partial charge in [0, 0.05) is 24.7 Å². The maximum Gasteiger partial charge on any atom is 0.0584 e. The summed E-state index contributed by atoms with van der Waals surface area (Å²) < 4.78 is 0. The van der Waals surface area contributed by atoms with Crippen molar-refractivity contribution in [1.82, 2.24) is 10.2 Å². The Balaban J connectivity index is 1.87. The zero-order chi connectivity index (χ0) is 10.7. The number of hydrogen-bond donors (Lipinski definition) is 2. The Labute approximate surface area is 92.8 Å². The minimum atomic E-state index is 0.278. The Morgan fingerprint density at radius 1 is 1.33 bits per heavy atom. The number of nitrogens with one attached hydrogen (secondary N) is 1. The Morgan fingerprint density at radius 2 is 2.20 bits per heavy atom. The van der Waals surface area contributed by atoms with Crippen LogP contribution in [0.1, 0.15) is 39.0 Å². The first-order valence-electron chi connectivity index (χ1n) is 6.46. The molecule has 0 radical (unpaired) electrons. The van der Waals surface area contributed by atoms with Gasteiger partial charge < -0.3 is 10.4 Å². The first kappa shape index (κ1) is 11.4. The average Bonchev–Trinajstić information content (AvgIpc) is 2.69. The van der Waals surface area contributed by atoms with Gasteiger partial charge in [-0.15, -0.1) is 0 Å². The van der Waals surface area contributed by atoms with E-state index in [-0.39, 0.29) is 6.61 Å². The first-order chi connectivity index (χ1) is 7.35. The average molecular weight is 212 g/mol. The maximum atomic E-state index is 9.21. The third kappa shape index (κ3) is 2.52. The highest BCUT2D eigenvalue weighted by atomic mass is 16.3. The molecular formula is C12H24N2O. The highest BCUT2D eigenvalue weighted by Crippen LogP contribution is 2.27. The van der Waals surface area contributed by atoms with Crippen LogP contribution in [0.4, 0.5) is 0 Å². The van der Waals surface area contributed by atoms with Gasteiger partial charge >= 0.3 is 0 Å². The van der Waals surface area contributed by atoms with Crippen LogP contribution in [0.3, 0.4) is 0 Å². The molecule has 3 heteroatoms. The summed E-state index contributed by atoms with van der Waals surface area (Å²) in [5, 5.41) is 12.8. The van der Waals surface area contributed by atoms with Crippen LogP contribution in [0.15, 0.2) is 0 Å². The molecule has 0 saturated carbocycles. The number of hydrogen-bond acceptors (Lipinski definition) is 3. The summed E-state index contributed by atoms with van der Waals surface area (Å²) in [5.74, 6) is 0. The molecule has 0 bridgehead atoms. The molecule has 2 fully saturated rings. The molecule has 2 aliphatic heterocycles. The monoisotopic (exact) mass is 212 g/mol. The van der Waals surface area contributed by atoms with Crippen molar-refractivity contribution in [1.29, 1.82) is 0 Å². The van der Waals surface area contributed by atoms with E-state index in [1.807, 2.05) is 0 Å². The number of rotatable bonds is 4. The van der Waals surface area contributed by atoms with Gasteiger partial charge in [-0.25, -0.2) is 0 Å². The summed E-state index contributed by atoms with van der Waals surface area (Å²) in [6, 6.07) is 1.68. The lowest BCUT2D eigenvalue weighted by atomic mass is 9.98. The van der Waals surface area contributed by atoms with E-state index in [0.29, 0.717) is 12.1 Å². The van der Waals surface area contributed by atoms with Gasteiger partial charge in [0.2, 0.25) is 0 Å². The van der Waals surface area contributed by atoms with Gasteiger partial charge in [0.05, 0.1) is 6.61 Å². The second kappa shape index (κ2) is 5.28. The predicted octanol–water partition coefficient (Wildman–Crippen LogP) is 0.974. The van der Waals surface area contributed by atoms with E-state index in [1.54, 1.807) is 0 Å². The Hall–Kier alpha value is -0.120. The smallest absolute Gasteiger partial charge is 0.0584 e. The molecule has 3 nitrogen and oxygen atoms in total. The number of aliphatic hydroxyl groups is 1. The van der Waals surface area contributed by atoms with Crippen molar-refractivity contribution in [3.8, 4) is 0 Å². The quantitative estimate of drug-likeness (QED) is 0.729. The molecule has 3 atom stereocenters. The summed E-state index contributed by atoms with van der Waals surface area (Å²) >= 11 is 0. The van der Waals surface area contributed by atoms with Crippen LogP contribution in [-0.2, 0) is 0 Å². The van der Waals surface area contributed by atoms with Gasteiger partial charge in [-0.1, -0.05) is 13.3 Å². The van der Waals surface area contributed by atoms with Crippen molar-refractivity contribution in [2.24, 2.45) is 0 Å². The molecular weight excluding hydrogens is 188 g/mol. The molecule has 88 valence electrons. The molecule has 0 aliphatic carbocycles. The molecule has 3 unspecified atom stereocenters. The summed E-state index contributed by atoms with van der Waals surface area (Å²) in [4.78, 5) is 2.63. The summed E-state index contributed by atoms with van der Waals surface area (Å²) in [6.07, 6.45) is 6.40. The van der Waals surface area contributed by atoms with Gasteiger partial charge in [-0.3, -0.25) is 4.90 Å². The summed E-state index contributed by atoms with van der Waals surface area (Å²) in [5.41, 5.74) is 0. The fraction of sp³-hybridized carbons (Fsp3) is 1.00. The van der Waals surface area contributed by atoms with E-state index >= 15 is 0 Å². The van der Waals surface area contributed by atoms with Gasteiger partial charge in [0.15, 0.2) is 0 Å². The normalized spacial score (nSPS) is 34.0. The van der Waals surface area contributed by atoms with Crippen LogP contribution >= 0.6 is 0 Å². The number of fused-ring (bicyclic) bond motifs is 1. The zero-order valence-electron chi connectivity index (χ0n) is 9.78. The standard InChI is InChI=1S/C12H24N2O/c1-2-10(9-15)13-11-6-8-14-7-4-3-5-12(11)14/h10-13,15H,2-9H2,1H3. The minimum absolute atomic E-state index is 0.278. The van der Waals surface area contributed by atoms with Gasteiger partial charge in [-0.2, -0.15) is 0 Å². The van der Waals surface area contributed by atoms with Crippen LogP contribution < -0.4 is 5.32 Å². The van der Waals surface area contributed by atoms with Crippen molar-refractivity contribution < 1.29 is 5.11 Å². The third-order valence-electron chi connectivity index (χ3n) is 4.02. The predicted molar refractivity (Wildman–Crippen MR) is 61.9 cm³/mol. The second-order valence-electron chi connectivity index (χ2n) is 4.95. The third-order valence-corrected chi connectivity index (χ3v) is 4.02. The number of piperidine rings is 1. The molecule has 2 heterocycles. The fourth-order valence-corrected chi connectivity index (χ4v) is 3.04. The van der Waals surface area contributed by atoms with Gasteiger partial charge in [0.1, 0.15) is 0 Å². The van der Waals surface area contributed by atoms with E-state index in [9.17, 15) is 5.11 Å². The second-order valence-corrected chi connectivity index (χ2v) is 4.95. The van der Waals surface area contributed by atoms with Crippen LogP contribution in [0.25, 0.3) is 0 Å². The molecule has 2 rings (SSSR count). The SMILES string of the molecule is CCC(CO)NC1CCN2CCCCC12. The summed E-state index contributed by atoms with van der Waals surface area (Å²) in [6.45, 7) is 4.96. The van der Waals surface area contributed by atoms with E-state index < -0.39 is 0 Å². The van der Waals surface area contributed by atoms with E-state index in [2.05, 4.69) is 17.1 Å². The molecule has 2 N–H and O–H groups in total. The summed E-state index contributed by atoms with van der Waals surface area (Å²) in [7, 11) is 0. The minimum Gasteiger partial charge on any atom is -0.395 e. The molecule has 0 spiro atoms. The topological polar surface area (TPSA) is 35.5 Å². The molecule has 2 aliphatic rings. The molecule has 0 amide bonds. The molecule has 0 aromatic carbocycles. The largest absolute Gasteiger partial charge is 0.395 e. The number of nitrogens with zero attached hydrogens (tertiary/aromatic N) is 1.